The molecule has 0 radical (unpaired) electrons. The average molecular weight is 374 g/mol. The zero-order chi connectivity index (χ0) is 19.1. The topological polar surface area (TPSA) is 42.2 Å². The van der Waals surface area contributed by atoms with Gasteiger partial charge in [0.2, 0.25) is 5.91 Å². The summed E-state index contributed by atoms with van der Waals surface area (Å²) in [5.74, 6) is 0.0670. The molecule has 0 bridgehead atoms. The number of amides is 1. The first-order valence-corrected chi connectivity index (χ1v) is 10.4. The molecule has 4 heteroatoms. The van der Waals surface area contributed by atoms with Crippen molar-refractivity contribution in [3.63, 3.8) is 0 Å². The van der Waals surface area contributed by atoms with Crippen molar-refractivity contribution >= 4 is 23.4 Å². The molecule has 0 fully saturated rings. The standard InChI is InChI=1S/C22H31NO2S/c1-6-7-8-9-10-19(26-22-16(3)11-12-25-22)21(24)23-20-17(4)13-15(2)14-18(20)5/h11-14,19H,6-10H2,1-5H3,(H,23,24). The van der Waals surface area contributed by atoms with Gasteiger partial charge >= 0.3 is 0 Å². The van der Waals surface area contributed by atoms with Crippen molar-refractivity contribution in [3.8, 4) is 0 Å². The van der Waals surface area contributed by atoms with Crippen LogP contribution in [0.4, 0.5) is 5.69 Å². The quantitative estimate of drug-likeness (QED) is 0.398. The molecule has 0 aliphatic heterocycles. The minimum atomic E-state index is -0.142. The Kier molecular flexibility index (Phi) is 7.83. The second-order valence-corrected chi connectivity index (χ2v) is 8.29. The van der Waals surface area contributed by atoms with Crippen LogP contribution in [0.5, 0.6) is 0 Å². The van der Waals surface area contributed by atoms with Gasteiger partial charge in [-0.3, -0.25) is 4.79 Å². The Morgan fingerprint density at radius 1 is 1.08 bits per heavy atom. The summed E-state index contributed by atoms with van der Waals surface area (Å²) < 4.78 is 5.57. The van der Waals surface area contributed by atoms with Crippen LogP contribution in [0, 0.1) is 27.7 Å². The SMILES string of the molecule is CCCCCCC(Sc1occc1C)C(=O)Nc1c(C)cc(C)cc1C. The van der Waals surface area contributed by atoms with Crippen LogP contribution in [-0.4, -0.2) is 11.2 Å². The van der Waals surface area contributed by atoms with Gasteiger partial charge in [-0.1, -0.05) is 62.1 Å². The van der Waals surface area contributed by atoms with E-state index in [9.17, 15) is 4.79 Å². The van der Waals surface area contributed by atoms with Crippen LogP contribution in [-0.2, 0) is 4.79 Å². The summed E-state index contributed by atoms with van der Waals surface area (Å²) >= 11 is 1.54. The molecule has 0 saturated carbocycles. The maximum absolute atomic E-state index is 13.0. The van der Waals surface area contributed by atoms with E-state index in [2.05, 4.69) is 45.1 Å². The predicted octanol–water partition coefficient (Wildman–Crippen LogP) is 6.58. The zero-order valence-electron chi connectivity index (χ0n) is 16.6. The highest BCUT2D eigenvalue weighted by molar-refractivity contribution is 8.00. The number of furan rings is 1. The molecule has 1 atom stereocenters. The van der Waals surface area contributed by atoms with Crippen LogP contribution in [0.25, 0.3) is 0 Å². The third-order valence-corrected chi connectivity index (χ3v) is 5.97. The first-order chi connectivity index (χ1) is 12.4. The van der Waals surface area contributed by atoms with Gasteiger partial charge in [0.15, 0.2) is 5.09 Å². The molecule has 26 heavy (non-hydrogen) atoms. The van der Waals surface area contributed by atoms with E-state index in [1.54, 1.807) is 18.0 Å². The fraction of sp³-hybridized carbons (Fsp3) is 0.500. The van der Waals surface area contributed by atoms with Gasteiger partial charge in [0.25, 0.3) is 0 Å². The van der Waals surface area contributed by atoms with Gasteiger partial charge in [-0.2, -0.15) is 0 Å². The molecular formula is C22H31NO2S. The molecule has 1 heterocycles. The third kappa shape index (κ3) is 5.66. The van der Waals surface area contributed by atoms with Crippen molar-refractivity contribution in [3.05, 3.63) is 46.7 Å². The van der Waals surface area contributed by atoms with Crippen LogP contribution in [0.3, 0.4) is 0 Å². The Morgan fingerprint density at radius 3 is 2.35 bits per heavy atom. The number of aryl methyl sites for hydroxylation is 4. The highest BCUT2D eigenvalue weighted by atomic mass is 32.2. The minimum absolute atomic E-state index is 0.0670. The van der Waals surface area contributed by atoms with Crippen molar-refractivity contribution in [1.29, 1.82) is 0 Å². The molecule has 1 N–H and O–H groups in total. The number of hydrogen-bond acceptors (Lipinski definition) is 3. The van der Waals surface area contributed by atoms with E-state index in [4.69, 9.17) is 4.42 Å². The van der Waals surface area contributed by atoms with Gasteiger partial charge in [-0.05, 0) is 51.3 Å². The smallest absolute Gasteiger partial charge is 0.237 e. The Morgan fingerprint density at radius 2 is 1.77 bits per heavy atom. The highest BCUT2D eigenvalue weighted by Gasteiger charge is 2.23. The summed E-state index contributed by atoms with van der Waals surface area (Å²) in [5.41, 5.74) is 5.47. The normalized spacial score (nSPS) is 12.2. The first kappa shape index (κ1) is 20.6. The Bertz CT molecular complexity index is 712. The third-order valence-electron chi connectivity index (χ3n) is 4.60. The van der Waals surface area contributed by atoms with Crippen molar-refractivity contribution in [2.75, 3.05) is 5.32 Å². The van der Waals surface area contributed by atoms with E-state index in [0.717, 1.165) is 40.3 Å². The number of carbonyl (C=O) groups excluding carboxylic acids is 1. The lowest BCUT2D eigenvalue weighted by Gasteiger charge is -2.18. The van der Waals surface area contributed by atoms with E-state index >= 15 is 0 Å². The number of nitrogens with one attached hydrogen (secondary N) is 1. The Labute approximate surface area is 161 Å². The number of benzene rings is 1. The number of anilines is 1. The summed E-state index contributed by atoms with van der Waals surface area (Å²) in [4.78, 5) is 13.0. The van der Waals surface area contributed by atoms with Gasteiger partial charge in [0.1, 0.15) is 0 Å². The number of thioether (sulfide) groups is 1. The van der Waals surface area contributed by atoms with Crippen molar-refractivity contribution in [1.82, 2.24) is 0 Å². The largest absolute Gasteiger partial charge is 0.458 e. The summed E-state index contributed by atoms with van der Waals surface area (Å²) in [6.07, 6.45) is 7.20. The first-order valence-electron chi connectivity index (χ1n) is 9.51. The van der Waals surface area contributed by atoms with Gasteiger partial charge in [0.05, 0.1) is 11.5 Å². The zero-order valence-corrected chi connectivity index (χ0v) is 17.5. The lowest BCUT2D eigenvalue weighted by atomic mass is 10.0. The molecule has 0 aliphatic rings. The van der Waals surface area contributed by atoms with Crippen molar-refractivity contribution in [2.24, 2.45) is 0 Å². The highest BCUT2D eigenvalue weighted by Crippen LogP contribution is 2.32. The van der Waals surface area contributed by atoms with Gasteiger partial charge in [-0.25, -0.2) is 0 Å². The molecule has 2 aromatic rings. The van der Waals surface area contributed by atoms with Gasteiger partial charge in [0, 0.05) is 11.3 Å². The maximum Gasteiger partial charge on any atom is 0.237 e. The number of rotatable bonds is 9. The second-order valence-electron chi connectivity index (χ2n) is 7.11. The monoisotopic (exact) mass is 373 g/mol. The predicted molar refractivity (Wildman–Crippen MR) is 111 cm³/mol. The fourth-order valence-corrected chi connectivity index (χ4v) is 4.26. The van der Waals surface area contributed by atoms with E-state index < -0.39 is 0 Å². The van der Waals surface area contributed by atoms with Crippen molar-refractivity contribution in [2.45, 2.75) is 77.1 Å². The van der Waals surface area contributed by atoms with Gasteiger partial charge < -0.3 is 9.73 Å². The van der Waals surface area contributed by atoms with Crippen LogP contribution >= 0.6 is 11.8 Å². The average Bonchev–Trinajstić information content (AvgIpc) is 2.98. The van der Waals surface area contributed by atoms with Crippen molar-refractivity contribution < 1.29 is 9.21 Å². The molecule has 3 nitrogen and oxygen atoms in total. The number of hydrogen-bond donors (Lipinski definition) is 1. The van der Waals surface area contributed by atoms with Crippen LogP contribution < -0.4 is 5.32 Å². The summed E-state index contributed by atoms with van der Waals surface area (Å²) in [5, 5.41) is 3.88. The Hall–Kier alpha value is -1.68. The van der Waals surface area contributed by atoms with Gasteiger partial charge in [-0.15, -0.1) is 0 Å². The molecule has 142 valence electrons. The van der Waals surface area contributed by atoms with E-state index in [0.29, 0.717) is 0 Å². The molecule has 0 aliphatic carbocycles. The molecule has 0 saturated heterocycles. The summed E-state index contributed by atoms with van der Waals surface area (Å²) in [6.45, 7) is 10.4. The molecule has 1 unspecified atom stereocenters. The second kappa shape index (κ2) is 9.86. The fourth-order valence-electron chi connectivity index (χ4n) is 3.19. The van der Waals surface area contributed by atoms with Crippen LogP contribution in [0.1, 0.15) is 61.3 Å². The summed E-state index contributed by atoms with van der Waals surface area (Å²) in [6, 6.07) is 6.17. The number of unbranched alkanes of at least 4 members (excludes halogenated alkanes) is 3. The van der Waals surface area contributed by atoms with E-state index in [1.807, 2.05) is 13.0 Å². The molecule has 0 spiro atoms. The molecule has 1 aromatic carbocycles. The number of carbonyl (C=O) groups is 1. The lowest BCUT2D eigenvalue weighted by molar-refractivity contribution is -0.115. The minimum Gasteiger partial charge on any atom is -0.458 e. The van der Waals surface area contributed by atoms with E-state index in [1.165, 1.54) is 24.8 Å². The van der Waals surface area contributed by atoms with Crippen LogP contribution in [0.2, 0.25) is 0 Å². The van der Waals surface area contributed by atoms with Crippen LogP contribution in [0.15, 0.2) is 34.0 Å². The molecule has 2 rings (SSSR count). The lowest BCUT2D eigenvalue weighted by Crippen LogP contribution is -2.26. The van der Waals surface area contributed by atoms with E-state index in [-0.39, 0.29) is 11.2 Å². The molecule has 1 amide bonds. The Balaban J connectivity index is 2.12. The molecular weight excluding hydrogens is 342 g/mol. The molecule has 1 aromatic heterocycles. The summed E-state index contributed by atoms with van der Waals surface area (Å²) in [7, 11) is 0. The maximum atomic E-state index is 13.0.